The second-order valence-corrected chi connectivity index (χ2v) is 8.33. The van der Waals surface area contributed by atoms with Crippen LogP contribution in [0.15, 0.2) is 18.2 Å². The van der Waals surface area contributed by atoms with E-state index >= 15 is 0 Å². The number of aromatic nitrogens is 2. The molecule has 7 heteroatoms. The highest BCUT2D eigenvalue weighted by Gasteiger charge is 2.21. The molecule has 0 aliphatic heterocycles. The van der Waals surface area contributed by atoms with Crippen LogP contribution < -0.4 is 26.6 Å². The molecule has 0 spiro atoms. The maximum Gasteiger partial charge on any atom is 0.152 e. The summed E-state index contributed by atoms with van der Waals surface area (Å²) >= 11 is 0. The second-order valence-electron chi connectivity index (χ2n) is 8.33. The smallest absolute Gasteiger partial charge is 0.152 e. The minimum Gasteiger partial charge on any atom is -0.490 e. The molecule has 5 N–H and O–H groups in total. The van der Waals surface area contributed by atoms with Crippen LogP contribution in [0.25, 0.3) is 0 Å². The minimum absolute atomic E-state index is 0.271. The average molecular weight is 401 g/mol. The number of aryl methyl sites for hydroxylation is 1. The van der Waals surface area contributed by atoms with Gasteiger partial charge in [0.15, 0.2) is 5.82 Å². The van der Waals surface area contributed by atoms with Gasteiger partial charge in [0, 0.05) is 37.0 Å². The van der Waals surface area contributed by atoms with E-state index in [0.29, 0.717) is 6.04 Å². The van der Waals surface area contributed by atoms with E-state index in [2.05, 4.69) is 54.5 Å². The molecule has 1 saturated carbocycles. The predicted molar refractivity (Wildman–Crippen MR) is 121 cm³/mol. The molecule has 1 aliphatic rings. The molecule has 0 bridgehead atoms. The van der Waals surface area contributed by atoms with Crippen LogP contribution in [0.2, 0.25) is 0 Å². The molecule has 1 fully saturated rings. The number of nitrogens with zero attached hydrogens (tertiary/aromatic N) is 2. The lowest BCUT2D eigenvalue weighted by Gasteiger charge is -2.27. The van der Waals surface area contributed by atoms with Crippen molar-refractivity contribution in [3.05, 3.63) is 23.9 Å². The van der Waals surface area contributed by atoms with Crippen LogP contribution in [0.5, 0.6) is 5.75 Å². The third kappa shape index (κ3) is 4.96. The first-order chi connectivity index (χ1) is 13.9. The molecule has 3 rings (SSSR count). The number of ether oxygens (including phenoxy) is 1. The molecule has 0 amide bonds. The summed E-state index contributed by atoms with van der Waals surface area (Å²) in [7, 11) is 1.88. The van der Waals surface area contributed by atoms with E-state index in [1.54, 1.807) is 0 Å². The van der Waals surface area contributed by atoms with Crippen LogP contribution in [0.1, 0.15) is 65.1 Å². The van der Waals surface area contributed by atoms with Crippen molar-refractivity contribution in [2.45, 2.75) is 71.9 Å². The third-order valence-corrected chi connectivity index (χ3v) is 5.72. The number of hydrogen-bond acceptors (Lipinski definition) is 6. The van der Waals surface area contributed by atoms with E-state index < -0.39 is 0 Å². The molecule has 29 heavy (non-hydrogen) atoms. The molecule has 7 nitrogen and oxygen atoms in total. The van der Waals surface area contributed by atoms with Crippen molar-refractivity contribution in [2.75, 3.05) is 23.1 Å². The van der Waals surface area contributed by atoms with Gasteiger partial charge in [-0.1, -0.05) is 13.8 Å². The molecule has 1 aromatic heterocycles. The van der Waals surface area contributed by atoms with Gasteiger partial charge < -0.3 is 20.8 Å². The normalized spacial score (nSPS) is 19.3. The van der Waals surface area contributed by atoms with Crippen LogP contribution in [-0.2, 0) is 6.42 Å². The van der Waals surface area contributed by atoms with Gasteiger partial charge in [-0.15, -0.1) is 0 Å². The molecular weight excluding hydrogens is 364 g/mol. The van der Waals surface area contributed by atoms with Gasteiger partial charge in [0.1, 0.15) is 5.75 Å². The van der Waals surface area contributed by atoms with Gasteiger partial charge in [0.25, 0.3) is 0 Å². The molecule has 160 valence electrons. The van der Waals surface area contributed by atoms with Crippen LogP contribution >= 0.6 is 0 Å². The lowest BCUT2D eigenvalue weighted by molar-refractivity contribution is 0.135. The van der Waals surface area contributed by atoms with Gasteiger partial charge in [-0.25, -0.2) is 0 Å². The highest BCUT2D eigenvalue weighted by atomic mass is 16.5. The van der Waals surface area contributed by atoms with Gasteiger partial charge >= 0.3 is 0 Å². The fourth-order valence-electron chi connectivity index (χ4n) is 4.02. The zero-order chi connectivity index (χ0) is 21.0. The summed E-state index contributed by atoms with van der Waals surface area (Å²) in [5.74, 6) is 8.29. The molecule has 0 radical (unpaired) electrons. The quantitative estimate of drug-likeness (QED) is 0.366. The molecule has 0 saturated heterocycles. The first-order valence-electron chi connectivity index (χ1n) is 10.8. The molecule has 2 aromatic rings. The summed E-state index contributed by atoms with van der Waals surface area (Å²) in [6.07, 6.45) is 5.86. The third-order valence-electron chi connectivity index (χ3n) is 5.72. The van der Waals surface area contributed by atoms with E-state index in [4.69, 9.17) is 15.7 Å². The minimum atomic E-state index is 0.271. The molecule has 1 heterocycles. The van der Waals surface area contributed by atoms with E-state index in [0.717, 1.165) is 53.8 Å². The Morgan fingerprint density at radius 3 is 2.41 bits per heavy atom. The number of benzene rings is 1. The zero-order valence-corrected chi connectivity index (χ0v) is 18.4. The SMILES string of the molecule is CCc1cc(Nc2cc(OC3CCC(C)CC3)cc(NC)c2NN)nn1C(C)C. The first kappa shape index (κ1) is 21.3. The van der Waals surface area contributed by atoms with E-state index in [1.807, 2.05) is 19.2 Å². The number of nitrogens with one attached hydrogen (secondary N) is 3. The topological polar surface area (TPSA) is 89.2 Å². The van der Waals surface area contributed by atoms with Gasteiger partial charge in [-0.3, -0.25) is 10.5 Å². The summed E-state index contributed by atoms with van der Waals surface area (Å²) in [6, 6.07) is 6.41. The molecule has 0 atom stereocenters. The standard InChI is InChI=1S/C22H36N6O/c1-6-16-11-21(27-28(16)14(2)3)25-20-13-18(12-19(24-5)22(20)26-23)29-17-9-7-15(4)8-10-17/h11-15,17,24,26H,6-10,23H2,1-5H3,(H,25,27). The van der Waals surface area contributed by atoms with E-state index in [9.17, 15) is 0 Å². The summed E-state index contributed by atoms with van der Waals surface area (Å²) in [5, 5.41) is 11.4. The summed E-state index contributed by atoms with van der Waals surface area (Å²) in [5.41, 5.74) is 6.53. The Morgan fingerprint density at radius 2 is 1.86 bits per heavy atom. The van der Waals surface area contributed by atoms with Crippen molar-refractivity contribution in [3.8, 4) is 5.75 Å². The predicted octanol–water partition coefficient (Wildman–Crippen LogP) is 5.05. The molecular formula is C22H36N6O. The Kier molecular flexibility index (Phi) is 6.90. The van der Waals surface area contributed by atoms with Gasteiger partial charge in [0.2, 0.25) is 0 Å². The Hall–Kier alpha value is -2.41. The Morgan fingerprint density at radius 1 is 1.17 bits per heavy atom. The van der Waals surface area contributed by atoms with Gasteiger partial charge in [0.05, 0.1) is 23.2 Å². The fraction of sp³-hybridized carbons (Fsp3) is 0.591. The van der Waals surface area contributed by atoms with Crippen LogP contribution in [0.3, 0.4) is 0 Å². The Labute approximate surface area is 174 Å². The summed E-state index contributed by atoms with van der Waals surface area (Å²) in [6.45, 7) is 8.74. The first-order valence-corrected chi connectivity index (χ1v) is 10.8. The maximum atomic E-state index is 6.34. The number of hydrazine groups is 1. The zero-order valence-electron chi connectivity index (χ0n) is 18.4. The number of nitrogens with two attached hydrogens (primary N) is 1. The van der Waals surface area contributed by atoms with Crippen molar-refractivity contribution in [2.24, 2.45) is 11.8 Å². The highest BCUT2D eigenvalue weighted by molar-refractivity contribution is 5.86. The van der Waals surface area contributed by atoms with Crippen molar-refractivity contribution < 1.29 is 4.74 Å². The monoisotopic (exact) mass is 400 g/mol. The summed E-state index contributed by atoms with van der Waals surface area (Å²) in [4.78, 5) is 0. The van der Waals surface area contributed by atoms with Gasteiger partial charge in [-0.05, 0) is 51.9 Å². The second kappa shape index (κ2) is 9.39. The lowest BCUT2D eigenvalue weighted by atomic mass is 9.89. The van der Waals surface area contributed by atoms with E-state index in [1.165, 1.54) is 18.5 Å². The van der Waals surface area contributed by atoms with Crippen molar-refractivity contribution in [3.63, 3.8) is 0 Å². The average Bonchev–Trinajstić information content (AvgIpc) is 3.12. The number of anilines is 4. The van der Waals surface area contributed by atoms with Crippen molar-refractivity contribution in [1.29, 1.82) is 0 Å². The molecule has 1 aromatic carbocycles. The lowest BCUT2D eigenvalue weighted by Crippen LogP contribution is -2.23. The maximum absolute atomic E-state index is 6.34. The Bertz CT molecular complexity index is 808. The number of nitrogen functional groups attached to an aromatic ring is 1. The fourth-order valence-corrected chi connectivity index (χ4v) is 4.02. The highest BCUT2D eigenvalue weighted by Crippen LogP contribution is 2.38. The van der Waals surface area contributed by atoms with Crippen LogP contribution in [-0.4, -0.2) is 22.9 Å². The Balaban J connectivity index is 1.88. The number of hydrogen-bond donors (Lipinski definition) is 4. The van der Waals surface area contributed by atoms with Crippen LogP contribution in [0.4, 0.5) is 22.9 Å². The molecule has 1 aliphatic carbocycles. The van der Waals surface area contributed by atoms with Gasteiger partial charge in [-0.2, -0.15) is 5.10 Å². The molecule has 0 unspecified atom stereocenters. The van der Waals surface area contributed by atoms with Crippen molar-refractivity contribution >= 4 is 22.9 Å². The number of rotatable bonds is 8. The summed E-state index contributed by atoms with van der Waals surface area (Å²) < 4.78 is 8.39. The van der Waals surface area contributed by atoms with Crippen molar-refractivity contribution in [1.82, 2.24) is 9.78 Å². The van der Waals surface area contributed by atoms with E-state index in [-0.39, 0.29) is 6.10 Å². The van der Waals surface area contributed by atoms with Crippen LogP contribution in [0, 0.1) is 5.92 Å². The largest absolute Gasteiger partial charge is 0.490 e.